The molecule has 2 atom stereocenters. The SMILES string of the molecule is CNc1cc(S(=O)(=O)NCC(C)S(C)=O)ccn1. The molecule has 0 saturated carbocycles. The summed E-state index contributed by atoms with van der Waals surface area (Å²) in [5, 5.41) is 2.54. The fraction of sp³-hybridized carbons (Fsp3) is 0.500. The monoisotopic (exact) mass is 291 g/mol. The third-order valence-electron chi connectivity index (χ3n) is 2.43. The lowest BCUT2D eigenvalue weighted by molar-refractivity contribution is 0.580. The number of nitrogens with one attached hydrogen (secondary N) is 2. The van der Waals surface area contributed by atoms with E-state index in [4.69, 9.17) is 0 Å². The number of hydrogen-bond acceptors (Lipinski definition) is 5. The minimum Gasteiger partial charge on any atom is -0.373 e. The van der Waals surface area contributed by atoms with E-state index < -0.39 is 20.8 Å². The number of pyridine rings is 1. The number of rotatable bonds is 6. The summed E-state index contributed by atoms with van der Waals surface area (Å²) in [7, 11) is -2.98. The molecule has 0 aliphatic rings. The van der Waals surface area contributed by atoms with Gasteiger partial charge in [-0.3, -0.25) is 4.21 Å². The predicted molar refractivity (Wildman–Crippen MR) is 72.5 cm³/mol. The van der Waals surface area contributed by atoms with E-state index in [1.165, 1.54) is 18.3 Å². The van der Waals surface area contributed by atoms with Gasteiger partial charge in [-0.25, -0.2) is 18.1 Å². The Hall–Kier alpha value is -0.990. The van der Waals surface area contributed by atoms with Crippen LogP contribution in [0.3, 0.4) is 0 Å². The fourth-order valence-corrected chi connectivity index (χ4v) is 2.71. The summed E-state index contributed by atoms with van der Waals surface area (Å²) in [6.07, 6.45) is 2.96. The molecule has 1 aromatic heterocycles. The van der Waals surface area contributed by atoms with Crippen LogP contribution in [-0.2, 0) is 20.8 Å². The molecule has 1 heterocycles. The van der Waals surface area contributed by atoms with Gasteiger partial charge in [0.25, 0.3) is 0 Å². The van der Waals surface area contributed by atoms with Gasteiger partial charge in [0.15, 0.2) is 0 Å². The molecule has 0 saturated heterocycles. The van der Waals surface area contributed by atoms with E-state index in [1.807, 2.05) is 0 Å². The molecule has 1 rings (SSSR count). The molecular weight excluding hydrogens is 274 g/mol. The zero-order chi connectivity index (χ0) is 13.8. The molecule has 0 aliphatic heterocycles. The summed E-state index contributed by atoms with van der Waals surface area (Å²) in [4.78, 5) is 4.08. The summed E-state index contributed by atoms with van der Waals surface area (Å²) < 4.78 is 37.5. The van der Waals surface area contributed by atoms with Gasteiger partial charge in [0.05, 0.1) is 4.90 Å². The molecule has 102 valence electrons. The molecule has 0 spiro atoms. The average Bonchev–Trinajstić information content (AvgIpc) is 2.36. The first-order valence-corrected chi connectivity index (χ1v) is 8.43. The van der Waals surface area contributed by atoms with E-state index >= 15 is 0 Å². The van der Waals surface area contributed by atoms with Gasteiger partial charge in [-0.05, 0) is 13.0 Å². The Bertz CT molecular complexity index is 531. The third-order valence-corrected chi connectivity index (χ3v) is 5.15. The summed E-state index contributed by atoms with van der Waals surface area (Å²) >= 11 is 0. The Morgan fingerprint density at radius 2 is 2.17 bits per heavy atom. The van der Waals surface area contributed by atoms with Crippen molar-refractivity contribution in [1.29, 1.82) is 0 Å². The third kappa shape index (κ3) is 4.04. The van der Waals surface area contributed by atoms with Crippen molar-refractivity contribution in [3.05, 3.63) is 18.3 Å². The van der Waals surface area contributed by atoms with Crippen LogP contribution < -0.4 is 10.0 Å². The number of hydrogen-bond donors (Lipinski definition) is 2. The lowest BCUT2D eigenvalue weighted by Crippen LogP contribution is -2.32. The zero-order valence-electron chi connectivity index (χ0n) is 10.5. The zero-order valence-corrected chi connectivity index (χ0v) is 12.1. The second-order valence-electron chi connectivity index (χ2n) is 3.79. The Balaban J connectivity index is 2.83. The van der Waals surface area contributed by atoms with Crippen LogP contribution in [-0.4, -0.2) is 42.7 Å². The van der Waals surface area contributed by atoms with Crippen LogP contribution in [0.1, 0.15) is 6.92 Å². The van der Waals surface area contributed by atoms with E-state index in [0.717, 1.165) is 0 Å². The Labute approximate surface area is 110 Å². The molecule has 0 aliphatic carbocycles. The van der Waals surface area contributed by atoms with E-state index in [1.54, 1.807) is 20.2 Å². The van der Waals surface area contributed by atoms with Crippen LogP contribution in [0.15, 0.2) is 23.2 Å². The van der Waals surface area contributed by atoms with Gasteiger partial charge < -0.3 is 5.32 Å². The molecule has 6 nitrogen and oxygen atoms in total. The van der Waals surface area contributed by atoms with Crippen molar-refractivity contribution in [3.8, 4) is 0 Å². The van der Waals surface area contributed by atoms with Crippen LogP contribution >= 0.6 is 0 Å². The number of anilines is 1. The van der Waals surface area contributed by atoms with Gasteiger partial charge in [-0.2, -0.15) is 0 Å². The summed E-state index contributed by atoms with van der Waals surface area (Å²) in [6, 6.07) is 2.85. The lowest BCUT2D eigenvalue weighted by atomic mass is 10.5. The molecule has 0 aromatic carbocycles. The van der Waals surface area contributed by atoms with Crippen molar-refractivity contribution in [2.75, 3.05) is 25.2 Å². The largest absolute Gasteiger partial charge is 0.373 e. The van der Waals surface area contributed by atoms with Crippen LogP contribution in [0.25, 0.3) is 0 Å². The molecular formula is C10H17N3O3S2. The van der Waals surface area contributed by atoms with Crippen molar-refractivity contribution in [2.24, 2.45) is 0 Å². The van der Waals surface area contributed by atoms with E-state index in [2.05, 4.69) is 15.0 Å². The Morgan fingerprint density at radius 3 is 2.72 bits per heavy atom. The first-order valence-electron chi connectivity index (χ1n) is 5.32. The van der Waals surface area contributed by atoms with Gasteiger partial charge in [0.2, 0.25) is 10.0 Å². The normalized spacial score (nSPS) is 15.1. The maximum Gasteiger partial charge on any atom is 0.240 e. The minimum atomic E-state index is -3.59. The first-order chi connectivity index (χ1) is 8.36. The minimum absolute atomic E-state index is 0.135. The summed E-state index contributed by atoms with van der Waals surface area (Å²) in [5.41, 5.74) is 0. The highest BCUT2D eigenvalue weighted by molar-refractivity contribution is 7.89. The van der Waals surface area contributed by atoms with Gasteiger partial charge in [-0.1, -0.05) is 0 Å². The molecule has 1 aromatic rings. The van der Waals surface area contributed by atoms with Crippen molar-refractivity contribution < 1.29 is 12.6 Å². The lowest BCUT2D eigenvalue weighted by Gasteiger charge is -2.11. The van der Waals surface area contributed by atoms with Crippen molar-refractivity contribution in [3.63, 3.8) is 0 Å². The standard InChI is InChI=1S/C10H17N3O3S2/c1-8(17(3)14)7-13-18(15,16)9-4-5-12-10(6-9)11-2/h4-6,8,13H,7H2,1-3H3,(H,11,12). The quantitative estimate of drug-likeness (QED) is 0.780. The topological polar surface area (TPSA) is 88.2 Å². The van der Waals surface area contributed by atoms with Gasteiger partial charge in [0.1, 0.15) is 5.82 Å². The molecule has 18 heavy (non-hydrogen) atoms. The van der Waals surface area contributed by atoms with Crippen molar-refractivity contribution >= 4 is 26.6 Å². The van der Waals surface area contributed by atoms with E-state index in [0.29, 0.717) is 5.82 Å². The maximum atomic E-state index is 12.0. The molecule has 2 unspecified atom stereocenters. The van der Waals surface area contributed by atoms with Gasteiger partial charge in [-0.15, -0.1) is 0 Å². The molecule has 0 fully saturated rings. The maximum absolute atomic E-state index is 12.0. The van der Waals surface area contributed by atoms with Gasteiger partial charge >= 0.3 is 0 Å². The van der Waals surface area contributed by atoms with E-state index in [9.17, 15) is 12.6 Å². The highest BCUT2D eigenvalue weighted by Gasteiger charge is 2.16. The number of aromatic nitrogens is 1. The van der Waals surface area contributed by atoms with Crippen molar-refractivity contribution in [2.45, 2.75) is 17.1 Å². The number of nitrogens with zero attached hydrogens (tertiary/aromatic N) is 1. The van der Waals surface area contributed by atoms with Gasteiger partial charge in [0, 0.05) is 48.2 Å². The summed E-state index contributed by atoms with van der Waals surface area (Å²) in [5.74, 6) is 0.477. The van der Waals surface area contributed by atoms with Crippen LogP contribution in [0.2, 0.25) is 0 Å². The Morgan fingerprint density at radius 1 is 1.50 bits per heavy atom. The van der Waals surface area contributed by atoms with Crippen LogP contribution in [0, 0.1) is 0 Å². The average molecular weight is 291 g/mol. The molecule has 0 amide bonds. The molecule has 2 N–H and O–H groups in total. The molecule has 0 radical (unpaired) electrons. The fourth-order valence-electron chi connectivity index (χ4n) is 1.14. The molecule has 8 heteroatoms. The second kappa shape index (κ2) is 6.26. The first kappa shape index (κ1) is 15.1. The van der Waals surface area contributed by atoms with Crippen molar-refractivity contribution in [1.82, 2.24) is 9.71 Å². The van der Waals surface area contributed by atoms with Crippen LogP contribution in [0.4, 0.5) is 5.82 Å². The highest BCUT2D eigenvalue weighted by Crippen LogP contribution is 2.12. The number of sulfonamides is 1. The van der Waals surface area contributed by atoms with Crippen LogP contribution in [0.5, 0.6) is 0 Å². The smallest absolute Gasteiger partial charge is 0.240 e. The van der Waals surface area contributed by atoms with E-state index in [-0.39, 0.29) is 16.7 Å². The molecule has 0 bridgehead atoms. The summed E-state index contributed by atoms with van der Waals surface area (Å²) in [6.45, 7) is 1.87. The highest BCUT2D eigenvalue weighted by atomic mass is 32.2. The second-order valence-corrected chi connectivity index (χ2v) is 7.36. The Kier molecular flexibility index (Phi) is 5.24. The predicted octanol–water partition coefficient (Wildman–Crippen LogP) is 0.169.